The molecule has 1 saturated carbocycles. The molecule has 3 heterocycles. The van der Waals surface area contributed by atoms with Gasteiger partial charge in [-0.15, -0.1) is 0 Å². The Bertz CT molecular complexity index is 789. The first-order valence-corrected chi connectivity index (χ1v) is 12.3. The van der Waals surface area contributed by atoms with Gasteiger partial charge in [-0.05, 0) is 31.6 Å². The van der Waals surface area contributed by atoms with E-state index < -0.39 is 10.0 Å². The Balaban J connectivity index is 1.21. The van der Waals surface area contributed by atoms with Crippen LogP contribution >= 0.6 is 0 Å². The van der Waals surface area contributed by atoms with Gasteiger partial charge in [-0.1, -0.05) is 18.0 Å². The Morgan fingerprint density at radius 1 is 1.11 bits per heavy atom. The third-order valence-electron chi connectivity index (χ3n) is 6.48. The van der Waals surface area contributed by atoms with E-state index in [1.807, 2.05) is 4.90 Å². The average molecular weight is 411 g/mol. The summed E-state index contributed by atoms with van der Waals surface area (Å²) in [5.41, 5.74) is 0. The van der Waals surface area contributed by atoms with Gasteiger partial charge in [-0.3, -0.25) is 4.79 Å². The lowest BCUT2D eigenvalue weighted by Crippen LogP contribution is -2.51. The smallest absolute Gasteiger partial charge is 0.227 e. The van der Waals surface area contributed by atoms with Crippen molar-refractivity contribution in [1.82, 2.24) is 19.3 Å². The number of amides is 1. The van der Waals surface area contributed by atoms with E-state index in [2.05, 4.69) is 10.1 Å². The van der Waals surface area contributed by atoms with Crippen molar-refractivity contribution in [2.24, 2.45) is 11.8 Å². The summed E-state index contributed by atoms with van der Waals surface area (Å²) >= 11 is 0. The molecule has 0 unspecified atom stereocenters. The molecule has 1 aromatic rings. The summed E-state index contributed by atoms with van der Waals surface area (Å²) in [6.07, 6.45) is 9.07. The predicted octanol–water partition coefficient (Wildman–Crippen LogP) is 1.79. The van der Waals surface area contributed by atoms with Crippen molar-refractivity contribution in [1.29, 1.82) is 0 Å². The van der Waals surface area contributed by atoms with Crippen LogP contribution in [0.25, 0.3) is 0 Å². The number of hydrogen-bond acceptors (Lipinski definition) is 6. The van der Waals surface area contributed by atoms with Gasteiger partial charge in [0, 0.05) is 50.9 Å². The molecule has 0 bridgehead atoms. The van der Waals surface area contributed by atoms with Crippen LogP contribution in [0, 0.1) is 11.8 Å². The molecule has 1 amide bonds. The lowest BCUT2D eigenvalue weighted by atomic mass is 9.94. The first-order valence-electron chi connectivity index (χ1n) is 10.4. The topological polar surface area (TPSA) is 96.6 Å². The monoisotopic (exact) mass is 410 g/mol. The van der Waals surface area contributed by atoms with E-state index in [0.717, 1.165) is 25.9 Å². The average Bonchev–Trinajstić information content (AvgIpc) is 3.29. The fraction of sp³-hybridized carbons (Fsp3) is 0.842. The Morgan fingerprint density at radius 2 is 1.79 bits per heavy atom. The normalized spacial score (nSPS) is 23.2. The molecule has 1 aromatic heterocycles. The number of carbonyl (C=O) groups excluding carboxylic acids is 1. The summed E-state index contributed by atoms with van der Waals surface area (Å²) in [7, 11) is -3.12. The SMILES string of the molecule is CS(=O)(=O)N1CCC(c2noc(CC3CN(C(=O)CC4CCCC4)C3)n2)CC1. The first-order chi connectivity index (χ1) is 13.4. The molecule has 0 atom stereocenters. The Labute approximate surface area is 166 Å². The van der Waals surface area contributed by atoms with Crippen LogP contribution in [0.4, 0.5) is 0 Å². The van der Waals surface area contributed by atoms with Crippen molar-refractivity contribution < 1.29 is 17.7 Å². The molecule has 0 aromatic carbocycles. The van der Waals surface area contributed by atoms with Crippen LogP contribution in [0.1, 0.15) is 62.6 Å². The fourth-order valence-electron chi connectivity index (χ4n) is 4.70. The van der Waals surface area contributed by atoms with Crippen molar-refractivity contribution in [2.45, 2.75) is 57.3 Å². The highest BCUT2D eigenvalue weighted by Crippen LogP contribution is 2.30. The van der Waals surface area contributed by atoms with E-state index >= 15 is 0 Å². The molecule has 9 heteroatoms. The second kappa shape index (κ2) is 8.10. The standard InChI is InChI=1S/C19H30N4O4S/c1-28(25,26)23-8-6-16(7-9-23)19-20-17(27-21-19)10-15-12-22(13-15)18(24)11-14-4-2-3-5-14/h14-16H,2-13H2,1H3. The van der Waals surface area contributed by atoms with Gasteiger partial charge in [-0.2, -0.15) is 4.98 Å². The molecule has 28 heavy (non-hydrogen) atoms. The minimum atomic E-state index is -3.12. The van der Waals surface area contributed by atoms with Crippen molar-refractivity contribution >= 4 is 15.9 Å². The maximum Gasteiger partial charge on any atom is 0.227 e. The zero-order valence-electron chi connectivity index (χ0n) is 16.5. The maximum atomic E-state index is 12.3. The number of sulfonamides is 1. The summed E-state index contributed by atoms with van der Waals surface area (Å²) in [4.78, 5) is 18.8. The zero-order chi connectivity index (χ0) is 19.7. The van der Waals surface area contributed by atoms with Crippen LogP contribution in [-0.4, -0.2) is 66.1 Å². The molecule has 0 spiro atoms. The lowest BCUT2D eigenvalue weighted by Gasteiger charge is -2.39. The summed E-state index contributed by atoms with van der Waals surface area (Å²) in [6, 6.07) is 0. The molecule has 3 fully saturated rings. The summed E-state index contributed by atoms with van der Waals surface area (Å²) in [5, 5.41) is 4.13. The van der Waals surface area contributed by atoms with Crippen molar-refractivity contribution in [2.75, 3.05) is 32.4 Å². The lowest BCUT2D eigenvalue weighted by molar-refractivity contribution is -0.138. The molecule has 156 valence electrons. The molecular weight excluding hydrogens is 380 g/mol. The van der Waals surface area contributed by atoms with Crippen LogP contribution in [0.15, 0.2) is 4.52 Å². The van der Waals surface area contributed by atoms with Crippen LogP contribution in [0.5, 0.6) is 0 Å². The van der Waals surface area contributed by atoms with Crippen LogP contribution in [-0.2, 0) is 21.2 Å². The molecule has 0 radical (unpaired) electrons. The summed E-state index contributed by atoms with van der Waals surface area (Å²) in [6.45, 7) is 2.59. The highest BCUT2D eigenvalue weighted by Gasteiger charge is 2.34. The Hall–Kier alpha value is -1.48. The van der Waals surface area contributed by atoms with E-state index in [9.17, 15) is 13.2 Å². The summed E-state index contributed by atoms with van der Waals surface area (Å²) in [5.74, 6) is 2.77. The number of nitrogens with zero attached hydrogens (tertiary/aromatic N) is 4. The number of piperidine rings is 1. The fourth-order valence-corrected chi connectivity index (χ4v) is 5.58. The van der Waals surface area contributed by atoms with Gasteiger partial charge in [0.2, 0.25) is 21.8 Å². The van der Waals surface area contributed by atoms with E-state index in [0.29, 0.717) is 55.4 Å². The number of carbonyl (C=O) groups is 1. The van der Waals surface area contributed by atoms with Crippen LogP contribution < -0.4 is 0 Å². The highest BCUT2D eigenvalue weighted by molar-refractivity contribution is 7.88. The molecule has 3 aliphatic rings. The first kappa shape index (κ1) is 19.8. The quantitative estimate of drug-likeness (QED) is 0.709. The van der Waals surface area contributed by atoms with Crippen molar-refractivity contribution in [3.8, 4) is 0 Å². The second-order valence-electron chi connectivity index (χ2n) is 8.71. The van der Waals surface area contributed by atoms with E-state index in [1.165, 1.54) is 36.2 Å². The summed E-state index contributed by atoms with van der Waals surface area (Å²) < 4.78 is 30.2. The number of aromatic nitrogens is 2. The van der Waals surface area contributed by atoms with E-state index in [4.69, 9.17) is 4.52 Å². The van der Waals surface area contributed by atoms with Gasteiger partial charge in [0.15, 0.2) is 5.82 Å². The molecule has 2 saturated heterocycles. The Morgan fingerprint density at radius 3 is 2.43 bits per heavy atom. The third kappa shape index (κ3) is 4.56. The predicted molar refractivity (Wildman–Crippen MR) is 103 cm³/mol. The molecule has 1 aliphatic carbocycles. The number of rotatable bonds is 6. The number of hydrogen-bond donors (Lipinski definition) is 0. The minimum absolute atomic E-state index is 0.154. The van der Waals surface area contributed by atoms with Crippen LogP contribution in [0.2, 0.25) is 0 Å². The highest BCUT2D eigenvalue weighted by atomic mass is 32.2. The second-order valence-corrected chi connectivity index (χ2v) is 10.7. The molecular formula is C19H30N4O4S. The zero-order valence-corrected chi connectivity index (χ0v) is 17.4. The minimum Gasteiger partial charge on any atom is -0.342 e. The van der Waals surface area contributed by atoms with Gasteiger partial charge in [-0.25, -0.2) is 12.7 Å². The maximum absolute atomic E-state index is 12.3. The number of likely N-dealkylation sites (tertiary alicyclic amines) is 1. The largest absolute Gasteiger partial charge is 0.342 e. The third-order valence-corrected chi connectivity index (χ3v) is 7.79. The van der Waals surface area contributed by atoms with Gasteiger partial charge in [0.1, 0.15) is 0 Å². The Kier molecular flexibility index (Phi) is 5.73. The van der Waals surface area contributed by atoms with Crippen LogP contribution in [0.3, 0.4) is 0 Å². The molecule has 8 nitrogen and oxygen atoms in total. The van der Waals surface area contributed by atoms with Crippen molar-refractivity contribution in [3.05, 3.63) is 11.7 Å². The van der Waals surface area contributed by atoms with E-state index in [-0.39, 0.29) is 5.92 Å². The molecule has 0 N–H and O–H groups in total. The van der Waals surface area contributed by atoms with Gasteiger partial charge >= 0.3 is 0 Å². The van der Waals surface area contributed by atoms with E-state index in [1.54, 1.807) is 0 Å². The van der Waals surface area contributed by atoms with Gasteiger partial charge < -0.3 is 9.42 Å². The van der Waals surface area contributed by atoms with Crippen molar-refractivity contribution in [3.63, 3.8) is 0 Å². The van der Waals surface area contributed by atoms with Gasteiger partial charge in [0.05, 0.1) is 6.26 Å². The molecule has 2 aliphatic heterocycles. The van der Waals surface area contributed by atoms with Gasteiger partial charge in [0.25, 0.3) is 0 Å². The molecule has 4 rings (SSSR count).